The van der Waals surface area contributed by atoms with Gasteiger partial charge in [-0.05, 0) is 47.2 Å². The van der Waals surface area contributed by atoms with E-state index >= 15 is 0 Å². The standard InChI is InChI=1S/C11H16INO8P2/c12-9-4-1-3-8(7-9)10(14)13-6-2-5-11(15,22(16,17)18)23(19,20)21/h1,3-4,7,15H,2,5-6H2,(H,13,14)(H2,16,17,18)(H2,19,20,21). The largest absolute Gasteiger partial charge is 0.369 e. The molecule has 0 fully saturated rings. The van der Waals surface area contributed by atoms with Gasteiger partial charge in [-0.3, -0.25) is 13.9 Å². The molecule has 0 saturated heterocycles. The van der Waals surface area contributed by atoms with Crippen LogP contribution in [0.25, 0.3) is 0 Å². The van der Waals surface area contributed by atoms with Gasteiger partial charge in [0.1, 0.15) is 0 Å². The molecule has 23 heavy (non-hydrogen) atoms. The highest BCUT2D eigenvalue weighted by atomic mass is 127. The molecule has 1 aromatic rings. The van der Waals surface area contributed by atoms with Crippen molar-refractivity contribution in [2.45, 2.75) is 17.9 Å². The molecule has 0 aliphatic heterocycles. The Bertz CT molecular complexity index is 648. The van der Waals surface area contributed by atoms with Gasteiger partial charge in [0, 0.05) is 22.1 Å². The topological polar surface area (TPSA) is 164 Å². The fourth-order valence-corrected chi connectivity index (χ4v) is 4.52. The number of hydrogen-bond donors (Lipinski definition) is 6. The second-order valence-corrected chi connectivity index (χ2v) is 9.99. The van der Waals surface area contributed by atoms with Crippen LogP contribution in [0.15, 0.2) is 24.3 Å². The van der Waals surface area contributed by atoms with Crippen molar-refractivity contribution < 1.29 is 38.6 Å². The van der Waals surface area contributed by atoms with E-state index in [9.17, 15) is 19.0 Å². The maximum atomic E-state index is 11.8. The van der Waals surface area contributed by atoms with Gasteiger partial charge in [0.15, 0.2) is 0 Å². The Hall–Kier alpha value is -0.320. The van der Waals surface area contributed by atoms with Gasteiger partial charge in [-0.25, -0.2) is 0 Å². The van der Waals surface area contributed by atoms with Crippen molar-refractivity contribution in [3.8, 4) is 0 Å². The van der Waals surface area contributed by atoms with Crippen LogP contribution in [0.5, 0.6) is 0 Å². The van der Waals surface area contributed by atoms with Crippen molar-refractivity contribution in [2.24, 2.45) is 0 Å². The lowest BCUT2D eigenvalue weighted by atomic mass is 10.2. The monoisotopic (exact) mass is 479 g/mol. The smallest absolute Gasteiger partial charge is 0.368 e. The van der Waals surface area contributed by atoms with E-state index in [0.29, 0.717) is 5.56 Å². The molecule has 0 aromatic heterocycles. The van der Waals surface area contributed by atoms with Gasteiger partial charge in [-0.1, -0.05) is 6.07 Å². The molecule has 0 saturated carbocycles. The van der Waals surface area contributed by atoms with Crippen molar-refractivity contribution in [3.05, 3.63) is 33.4 Å². The number of nitrogens with one attached hydrogen (secondary N) is 1. The van der Waals surface area contributed by atoms with Crippen LogP contribution >= 0.6 is 37.8 Å². The molecule has 0 aliphatic rings. The molecular weight excluding hydrogens is 463 g/mol. The number of rotatable bonds is 7. The molecule has 12 heteroatoms. The van der Waals surface area contributed by atoms with Gasteiger partial charge < -0.3 is 30.0 Å². The molecule has 0 spiro atoms. The summed E-state index contributed by atoms with van der Waals surface area (Å²) in [5, 5.41) is 8.65. The predicted molar refractivity (Wildman–Crippen MR) is 89.8 cm³/mol. The fraction of sp³-hybridized carbons (Fsp3) is 0.364. The Labute approximate surface area is 145 Å². The van der Waals surface area contributed by atoms with Crippen molar-refractivity contribution >= 4 is 43.7 Å². The highest BCUT2D eigenvalue weighted by Crippen LogP contribution is 2.69. The van der Waals surface area contributed by atoms with Crippen LogP contribution in [-0.4, -0.2) is 42.2 Å². The summed E-state index contributed by atoms with van der Waals surface area (Å²) in [4.78, 5) is 47.7. The lowest BCUT2D eigenvalue weighted by Gasteiger charge is -2.29. The summed E-state index contributed by atoms with van der Waals surface area (Å²) in [5.74, 6) is -0.445. The average molecular weight is 479 g/mol. The highest BCUT2D eigenvalue weighted by Gasteiger charge is 2.58. The molecule has 1 aromatic carbocycles. The van der Waals surface area contributed by atoms with Gasteiger partial charge in [0.05, 0.1) is 0 Å². The maximum Gasteiger partial charge on any atom is 0.369 e. The number of carbonyl (C=O) groups excluding carboxylic acids is 1. The van der Waals surface area contributed by atoms with E-state index in [4.69, 9.17) is 19.6 Å². The number of amides is 1. The number of aliphatic hydroxyl groups is 1. The van der Waals surface area contributed by atoms with Crippen molar-refractivity contribution in [2.75, 3.05) is 6.54 Å². The van der Waals surface area contributed by atoms with E-state index in [-0.39, 0.29) is 13.0 Å². The first-order valence-electron chi connectivity index (χ1n) is 6.26. The lowest BCUT2D eigenvalue weighted by molar-refractivity contribution is 0.0946. The quantitative estimate of drug-likeness (QED) is 0.190. The Morgan fingerprint density at radius 1 is 1.17 bits per heavy atom. The Balaban J connectivity index is 2.64. The van der Waals surface area contributed by atoms with E-state index in [1.165, 1.54) is 0 Å². The third kappa shape index (κ3) is 5.33. The summed E-state index contributed by atoms with van der Waals surface area (Å²) in [6.07, 6.45) is -1.10. The van der Waals surface area contributed by atoms with Crippen molar-refractivity contribution in [1.29, 1.82) is 0 Å². The average Bonchev–Trinajstić information content (AvgIpc) is 2.40. The molecule has 1 rings (SSSR count). The van der Waals surface area contributed by atoms with Crippen LogP contribution in [0.4, 0.5) is 0 Å². The summed E-state index contributed by atoms with van der Waals surface area (Å²) < 4.78 is 23.1. The molecule has 1 amide bonds. The van der Waals surface area contributed by atoms with Crippen LogP contribution < -0.4 is 5.32 Å². The summed E-state index contributed by atoms with van der Waals surface area (Å²) in [7, 11) is -10.9. The minimum Gasteiger partial charge on any atom is -0.368 e. The van der Waals surface area contributed by atoms with Crippen LogP contribution in [0.2, 0.25) is 0 Å². The van der Waals surface area contributed by atoms with Crippen molar-refractivity contribution in [1.82, 2.24) is 5.32 Å². The number of benzene rings is 1. The maximum absolute atomic E-state index is 11.8. The zero-order chi connectivity index (χ0) is 17.9. The van der Waals surface area contributed by atoms with Gasteiger partial charge >= 0.3 is 15.2 Å². The first-order valence-corrected chi connectivity index (χ1v) is 10.6. The van der Waals surface area contributed by atoms with Crippen LogP contribution in [-0.2, 0) is 9.13 Å². The van der Waals surface area contributed by atoms with E-state index in [0.717, 1.165) is 3.57 Å². The van der Waals surface area contributed by atoms with E-state index in [1.807, 2.05) is 22.6 Å². The second kappa shape index (κ2) is 7.71. The molecule has 0 radical (unpaired) electrons. The summed E-state index contributed by atoms with van der Waals surface area (Å²) >= 11 is 2.03. The first kappa shape index (κ1) is 20.7. The highest BCUT2D eigenvalue weighted by molar-refractivity contribution is 14.1. The zero-order valence-electron chi connectivity index (χ0n) is 11.7. The third-order valence-corrected chi connectivity index (χ3v) is 7.54. The number of carbonyl (C=O) groups is 1. The van der Waals surface area contributed by atoms with E-state index in [1.54, 1.807) is 24.3 Å². The SMILES string of the molecule is O=C(NCCCC(O)(P(=O)(O)O)P(=O)(O)O)c1cccc(I)c1. The molecule has 9 nitrogen and oxygen atoms in total. The van der Waals surface area contributed by atoms with E-state index in [2.05, 4.69) is 5.32 Å². The summed E-state index contributed by atoms with van der Waals surface area (Å²) in [6, 6.07) is 6.66. The molecule has 0 aliphatic carbocycles. The fourth-order valence-electron chi connectivity index (χ4n) is 1.72. The lowest BCUT2D eigenvalue weighted by Crippen LogP contribution is -2.31. The van der Waals surface area contributed by atoms with Crippen molar-refractivity contribution in [3.63, 3.8) is 0 Å². The Morgan fingerprint density at radius 3 is 2.22 bits per heavy atom. The molecular formula is C11H16INO8P2. The predicted octanol–water partition coefficient (Wildman–Crippen LogP) is 0.803. The molecule has 0 unspecified atom stereocenters. The summed E-state index contributed by atoms with van der Waals surface area (Å²) in [5.41, 5.74) is 0.372. The second-order valence-electron chi connectivity index (χ2n) is 4.73. The molecule has 0 heterocycles. The van der Waals surface area contributed by atoms with Crippen LogP contribution in [0, 0.1) is 3.57 Å². The van der Waals surface area contributed by atoms with Gasteiger partial charge in [0.25, 0.3) is 11.0 Å². The van der Waals surface area contributed by atoms with Crippen LogP contribution in [0.3, 0.4) is 0 Å². The van der Waals surface area contributed by atoms with Crippen LogP contribution in [0.1, 0.15) is 23.2 Å². The third-order valence-electron chi connectivity index (χ3n) is 2.99. The first-order chi connectivity index (χ1) is 10.4. The summed E-state index contributed by atoms with van der Waals surface area (Å²) in [6.45, 7) is -0.118. The molecule has 0 atom stereocenters. The zero-order valence-corrected chi connectivity index (χ0v) is 15.6. The molecule has 6 N–H and O–H groups in total. The van der Waals surface area contributed by atoms with Gasteiger partial charge in [-0.2, -0.15) is 0 Å². The Morgan fingerprint density at radius 2 is 1.74 bits per heavy atom. The van der Waals surface area contributed by atoms with E-state index < -0.39 is 32.6 Å². The Kier molecular flexibility index (Phi) is 6.95. The number of hydrogen-bond acceptors (Lipinski definition) is 4. The minimum atomic E-state index is -5.46. The minimum absolute atomic E-state index is 0.118. The van der Waals surface area contributed by atoms with Gasteiger partial charge in [-0.15, -0.1) is 0 Å². The number of halogens is 1. The van der Waals surface area contributed by atoms with Gasteiger partial charge in [0.2, 0.25) is 0 Å². The normalized spacial score (nSPS) is 13.0. The molecule has 0 bridgehead atoms. The molecule has 130 valence electrons.